The number of nitrogens with one attached hydrogen (secondary N) is 1. The van der Waals surface area contributed by atoms with Gasteiger partial charge < -0.3 is 10.2 Å². The molecule has 1 rings (SSSR count). The highest BCUT2D eigenvalue weighted by Crippen LogP contribution is 2.21. The number of unbranched alkanes of at least 4 members (excludes halogenated alkanes) is 1. The molecule has 0 amide bonds. The van der Waals surface area contributed by atoms with Crippen molar-refractivity contribution in [2.24, 2.45) is 0 Å². The molecule has 0 aliphatic rings. The Morgan fingerprint density at radius 3 is 2.59 bits per heavy atom. The van der Waals surface area contributed by atoms with Crippen LogP contribution in [0.4, 0.5) is 0 Å². The quantitative estimate of drug-likeness (QED) is 0.751. The largest absolute Gasteiger partial charge is 0.310 e. The lowest BCUT2D eigenvalue weighted by Crippen LogP contribution is -2.21. The number of hydrogen-bond acceptors (Lipinski definition) is 2. The van der Waals surface area contributed by atoms with Gasteiger partial charge in [0.1, 0.15) is 0 Å². The van der Waals surface area contributed by atoms with Crippen LogP contribution in [0.2, 0.25) is 5.02 Å². The van der Waals surface area contributed by atoms with Crippen LogP contribution in [0.5, 0.6) is 0 Å². The van der Waals surface area contributed by atoms with Crippen molar-refractivity contribution in [2.75, 3.05) is 27.2 Å². The van der Waals surface area contributed by atoms with Crippen molar-refractivity contribution in [1.82, 2.24) is 10.2 Å². The third kappa shape index (κ3) is 5.53. The maximum Gasteiger partial charge on any atom is 0.0453 e. The lowest BCUT2D eigenvalue weighted by Gasteiger charge is -2.16. The molecular weight excluding hydrogens is 232 g/mol. The molecule has 1 N–H and O–H groups in total. The second-order valence-corrected chi connectivity index (χ2v) is 5.11. The maximum atomic E-state index is 6.15. The standard InChI is InChI=1S/C14H23ClN2/c1-12(13-8-4-5-9-14(13)15)16-10-6-7-11-17(2)3/h4-5,8-9,12,16H,6-7,10-11H2,1-3H3. The second kappa shape index (κ2) is 7.70. The van der Waals surface area contributed by atoms with Crippen LogP contribution < -0.4 is 5.32 Å². The molecule has 96 valence electrons. The first-order chi connectivity index (χ1) is 8.11. The van der Waals surface area contributed by atoms with Gasteiger partial charge in [-0.15, -0.1) is 0 Å². The summed E-state index contributed by atoms with van der Waals surface area (Å²) >= 11 is 6.15. The Bertz CT molecular complexity index is 326. The summed E-state index contributed by atoms with van der Waals surface area (Å²) in [5.74, 6) is 0. The highest BCUT2D eigenvalue weighted by molar-refractivity contribution is 6.31. The van der Waals surface area contributed by atoms with Gasteiger partial charge in [0.05, 0.1) is 0 Å². The lowest BCUT2D eigenvalue weighted by molar-refractivity contribution is 0.389. The van der Waals surface area contributed by atoms with E-state index in [9.17, 15) is 0 Å². The average Bonchev–Trinajstić information content (AvgIpc) is 2.28. The summed E-state index contributed by atoms with van der Waals surface area (Å²) in [6.07, 6.45) is 2.43. The predicted octanol–water partition coefficient (Wildman–Crippen LogP) is 3.33. The monoisotopic (exact) mass is 254 g/mol. The first-order valence-electron chi connectivity index (χ1n) is 6.24. The molecule has 0 saturated heterocycles. The fourth-order valence-electron chi connectivity index (χ4n) is 1.81. The number of nitrogens with zero attached hydrogens (tertiary/aromatic N) is 1. The molecule has 1 unspecified atom stereocenters. The zero-order valence-electron chi connectivity index (χ0n) is 11.0. The van der Waals surface area contributed by atoms with E-state index < -0.39 is 0 Å². The van der Waals surface area contributed by atoms with Crippen LogP contribution >= 0.6 is 11.6 Å². The SMILES string of the molecule is CC(NCCCCN(C)C)c1ccccc1Cl. The molecule has 1 atom stereocenters. The maximum absolute atomic E-state index is 6.15. The van der Waals surface area contributed by atoms with Gasteiger partial charge in [0, 0.05) is 11.1 Å². The van der Waals surface area contributed by atoms with Crippen LogP contribution in [-0.4, -0.2) is 32.1 Å². The van der Waals surface area contributed by atoms with Crippen LogP contribution in [0.1, 0.15) is 31.4 Å². The molecule has 17 heavy (non-hydrogen) atoms. The Morgan fingerprint density at radius 2 is 1.94 bits per heavy atom. The molecule has 0 spiro atoms. The van der Waals surface area contributed by atoms with Crippen LogP contribution in [0.15, 0.2) is 24.3 Å². The first-order valence-corrected chi connectivity index (χ1v) is 6.61. The molecule has 0 aromatic heterocycles. The average molecular weight is 255 g/mol. The van der Waals surface area contributed by atoms with E-state index in [4.69, 9.17) is 11.6 Å². The van der Waals surface area contributed by atoms with Crippen molar-refractivity contribution in [3.8, 4) is 0 Å². The summed E-state index contributed by atoms with van der Waals surface area (Å²) < 4.78 is 0. The molecule has 3 heteroatoms. The van der Waals surface area contributed by atoms with Gasteiger partial charge in [0.15, 0.2) is 0 Å². The molecular formula is C14H23ClN2. The van der Waals surface area contributed by atoms with E-state index in [2.05, 4.69) is 37.3 Å². The number of halogens is 1. The number of benzene rings is 1. The van der Waals surface area contributed by atoms with Crippen molar-refractivity contribution >= 4 is 11.6 Å². The highest BCUT2D eigenvalue weighted by atomic mass is 35.5. The second-order valence-electron chi connectivity index (χ2n) is 4.71. The van der Waals surface area contributed by atoms with Crippen LogP contribution in [0.25, 0.3) is 0 Å². The predicted molar refractivity (Wildman–Crippen MR) is 75.7 cm³/mol. The van der Waals surface area contributed by atoms with Gasteiger partial charge in [-0.3, -0.25) is 0 Å². The Morgan fingerprint density at radius 1 is 1.24 bits per heavy atom. The Kier molecular flexibility index (Phi) is 6.56. The summed E-state index contributed by atoms with van der Waals surface area (Å²) in [6, 6.07) is 8.35. The minimum atomic E-state index is 0.322. The Balaban J connectivity index is 2.26. The molecule has 0 aliphatic heterocycles. The normalized spacial score (nSPS) is 13.0. The summed E-state index contributed by atoms with van der Waals surface area (Å²) in [5.41, 5.74) is 1.18. The molecule has 0 radical (unpaired) electrons. The van der Waals surface area contributed by atoms with E-state index in [0.29, 0.717) is 6.04 Å². The molecule has 1 aromatic carbocycles. The third-order valence-electron chi connectivity index (χ3n) is 2.85. The zero-order chi connectivity index (χ0) is 12.7. The van der Waals surface area contributed by atoms with Crippen molar-refractivity contribution < 1.29 is 0 Å². The van der Waals surface area contributed by atoms with Gasteiger partial charge in [0.25, 0.3) is 0 Å². The van der Waals surface area contributed by atoms with Crippen molar-refractivity contribution in [3.63, 3.8) is 0 Å². The summed E-state index contributed by atoms with van der Waals surface area (Å²) in [5, 5.41) is 4.36. The third-order valence-corrected chi connectivity index (χ3v) is 3.20. The topological polar surface area (TPSA) is 15.3 Å². The van der Waals surface area contributed by atoms with E-state index in [1.807, 2.05) is 18.2 Å². The highest BCUT2D eigenvalue weighted by Gasteiger charge is 2.07. The van der Waals surface area contributed by atoms with E-state index in [-0.39, 0.29) is 0 Å². The molecule has 1 aromatic rings. The Labute approximate surface area is 110 Å². The van der Waals surface area contributed by atoms with Gasteiger partial charge in [-0.05, 0) is 58.6 Å². The van der Waals surface area contributed by atoms with Gasteiger partial charge in [-0.1, -0.05) is 29.8 Å². The van der Waals surface area contributed by atoms with Crippen LogP contribution in [0.3, 0.4) is 0 Å². The van der Waals surface area contributed by atoms with E-state index >= 15 is 0 Å². The minimum absolute atomic E-state index is 0.322. The molecule has 0 heterocycles. The smallest absolute Gasteiger partial charge is 0.0453 e. The summed E-state index contributed by atoms with van der Waals surface area (Å²) in [7, 11) is 4.22. The molecule has 0 aliphatic carbocycles. The van der Waals surface area contributed by atoms with Crippen LogP contribution in [-0.2, 0) is 0 Å². The van der Waals surface area contributed by atoms with E-state index in [1.165, 1.54) is 18.4 Å². The van der Waals surface area contributed by atoms with Crippen LogP contribution in [0, 0.1) is 0 Å². The number of hydrogen-bond donors (Lipinski definition) is 1. The minimum Gasteiger partial charge on any atom is -0.310 e. The number of rotatable bonds is 7. The summed E-state index contributed by atoms with van der Waals surface area (Å²) in [6.45, 7) is 4.36. The van der Waals surface area contributed by atoms with Crippen molar-refractivity contribution in [1.29, 1.82) is 0 Å². The summed E-state index contributed by atoms with van der Waals surface area (Å²) in [4.78, 5) is 2.22. The fraction of sp³-hybridized carbons (Fsp3) is 0.571. The van der Waals surface area contributed by atoms with Crippen molar-refractivity contribution in [2.45, 2.75) is 25.8 Å². The fourth-order valence-corrected chi connectivity index (χ4v) is 2.11. The Hall–Kier alpha value is -0.570. The molecule has 0 bridgehead atoms. The lowest BCUT2D eigenvalue weighted by atomic mass is 10.1. The van der Waals surface area contributed by atoms with E-state index in [1.54, 1.807) is 0 Å². The molecule has 0 saturated carbocycles. The van der Waals surface area contributed by atoms with Gasteiger partial charge in [0.2, 0.25) is 0 Å². The molecule has 0 fully saturated rings. The van der Waals surface area contributed by atoms with Gasteiger partial charge in [-0.2, -0.15) is 0 Å². The molecule has 2 nitrogen and oxygen atoms in total. The zero-order valence-corrected chi connectivity index (χ0v) is 11.8. The van der Waals surface area contributed by atoms with Gasteiger partial charge in [-0.25, -0.2) is 0 Å². The first kappa shape index (κ1) is 14.5. The van der Waals surface area contributed by atoms with Gasteiger partial charge >= 0.3 is 0 Å². The van der Waals surface area contributed by atoms with Crippen molar-refractivity contribution in [3.05, 3.63) is 34.9 Å². The van der Waals surface area contributed by atoms with E-state index in [0.717, 1.165) is 18.1 Å².